The third-order valence-corrected chi connectivity index (χ3v) is 9.88. The van der Waals surface area contributed by atoms with Crippen LogP contribution in [0.4, 0.5) is 8.78 Å². The van der Waals surface area contributed by atoms with E-state index in [1.54, 1.807) is 12.1 Å². The molecule has 0 saturated heterocycles. The lowest BCUT2D eigenvalue weighted by Gasteiger charge is -2.47. The summed E-state index contributed by atoms with van der Waals surface area (Å²) in [5.74, 6) is -0.0658. The number of allylic oxidation sites excluding steroid dienone is 4. The van der Waals surface area contributed by atoms with Crippen molar-refractivity contribution in [2.24, 2.45) is 0 Å². The number of aryl methyl sites for hydroxylation is 2. The second-order valence-corrected chi connectivity index (χ2v) is 14.7. The highest BCUT2D eigenvalue weighted by atomic mass is 19.1. The van der Waals surface area contributed by atoms with Gasteiger partial charge in [-0.15, -0.1) is 0 Å². The molecular formula is C48H78F2NO+. The molecule has 294 valence electrons. The number of phenols is 1. The lowest BCUT2D eigenvalue weighted by atomic mass is 9.91. The first-order valence-electron chi connectivity index (χ1n) is 19.9. The number of hydrogen-bond acceptors (Lipinski definition) is 1. The molecule has 0 aliphatic rings. The fourth-order valence-corrected chi connectivity index (χ4v) is 5.61. The fourth-order valence-electron chi connectivity index (χ4n) is 5.61. The molecule has 0 aliphatic carbocycles. The third kappa shape index (κ3) is 18.5. The van der Waals surface area contributed by atoms with Gasteiger partial charge in [-0.25, -0.2) is 8.78 Å². The Kier molecular flexibility index (Phi) is 26.8. The fraction of sp³-hybridized carbons (Fsp3) is 0.542. The van der Waals surface area contributed by atoms with Gasteiger partial charge >= 0.3 is 0 Å². The van der Waals surface area contributed by atoms with E-state index in [2.05, 4.69) is 114 Å². The number of unbranched alkanes of at least 4 members (excludes halogenated alkanes) is 2. The highest BCUT2D eigenvalue weighted by Gasteiger charge is 2.39. The van der Waals surface area contributed by atoms with E-state index in [-0.39, 0.29) is 0 Å². The minimum absolute atomic E-state index is 0.310. The maximum Gasteiger partial charge on any atom is 0.129 e. The SMILES string of the molecule is CC.CC/C=C(/C)[N+](C)(CC)C(C)(C)CCCC.CC=C(C)C.CCCCc1ccc(F)cc1F.Cc1cc(C(C)C)ccc1-c1ccc(O)cc1. The monoisotopic (exact) mass is 723 g/mol. The predicted molar refractivity (Wildman–Crippen MR) is 228 cm³/mol. The summed E-state index contributed by atoms with van der Waals surface area (Å²) in [5.41, 5.74) is 8.88. The zero-order chi connectivity index (χ0) is 40.5. The van der Waals surface area contributed by atoms with Crippen LogP contribution in [0, 0.1) is 18.6 Å². The van der Waals surface area contributed by atoms with E-state index < -0.39 is 11.6 Å². The van der Waals surface area contributed by atoms with Crippen LogP contribution in [0.25, 0.3) is 11.1 Å². The number of hydrogen-bond donors (Lipinski definition) is 1. The van der Waals surface area contributed by atoms with Crippen LogP contribution in [0.3, 0.4) is 0 Å². The van der Waals surface area contributed by atoms with E-state index in [4.69, 9.17) is 0 Å². The average molecular weight is 723 g/mol. The van der Waals surface area contributed by atoms with E-state index in [0.717, 1.165) is 35.4 Å². The second-order valence-electron chi connectivity index (χ2n) is 14.7. The van der Waals surface area contributed by atoms with E-state index in [9.17, 15) is 13.9 Å². The Balaban J connectivity index is 0. The minimum Gasteiger partial charge on any atom is -0.508 e. The van der Waals surface area contributed by atoms with E-state index in [1.165, 1.54) is 65.9 Å². The molecule has 52 heavy (non-hydrogen) atoms. The van der Waals surface area contributed by atoms with Gasteiger partial charge in [-0.1, -0.05) is 109 Å². The van der Waals surface area contributed by atoms with Gasteiger partial charge in [0.25, 0.3) is 0 Å². The Morgan fingerprint density at radius 2 is 1.40 bits per heavy atom. The molecule has 0 aromatic heterocycles. The lowest BCUT2D eigenvalue weighted by molar-refractivity contribution is -0.920. The molecule has 0 amide bonds. The quantitative estimate of drug-likeness (QED) is 0.146. The number of phenolic OH excluding ortho intramolecular Hbond substituents is 1. The Hall–Kier alpha value is -3.24. The van der Waals surface area contributed by atoms with E-state index >= 15 is 0 Å². The predicted octanol–water partition coefficient (Wildman–Crippen LogP) is 15.5. The molecule has 2 nitrogen and oxygen atoms in total. The summed E-state index contributed by atoms with van der Waals surface area (Å²) in [5, 5.41) is 9.29. The number of quaternary nitrogens is 1. The second kappa shape index (κ2) is 27.4. The normalized spacial score (nSPS) is 12.0. The number of rotatable bonds is 12. The molecule has 0 bridgehead atoms. The molecule has 1 unspecified atom stereocenters. The van der Waals surface area contributed by atoms with Crippen molar-refractivity contribution in [3.05, 3.63) is 112 Å². The summed E-state index contributed by atoms with van der Waals surface area (Å²) in [6.45, 7) is 33.9. The molecular weight excluding hydrogens is 645 g/mol. The molecule has 0 aliphatic heterocycles. The molecule has 3 rings (SSSR count). The smallest absolute Gasteiger partial charge is 0.129 e. The summed E-state index contributed by atoms with van der Waals surface area (Å²) in [4.78, 5) is 0. The van der Waals surface area contributed by atoms with Crippen LogP contribution in [-0.4, -0.2) is 28.7 Å². The molecule has 1 atom stereocenters. The van der Waals surface area contributed by atoms with Gasteiger partial charge in [0.05, 0.1) is 19.1 Å². The van der Waals surface area contributed by atoms with Gasteiger partial charge in [-0.2, -0.15) is 0 Å². The van der Waals surface area contributed by atoms with Crippen molar-refractivity contribution in [1.29, 1.82) is 0 Å². The van der Waals surface area contributed by atoms with Crippen LogP contribution in [0.15, 0.2) is 84.1 Å². The number of aromatic hydroxyl groups is 1. The van der Waals surface area contributed by atoms with Gasteiger partial charge in [0.15, 0.2) is 0 Å². The van der Waals surface area contributed by atoms with Gasteiger partial charge in [0.2, 0.25) is 0 Å². The molecule has 4 heteroatoms. The summed E-state index contributed by atoms with van der Waals surface area (Å²) in [6, 6.07) is 17.7. The summed E-state index contributed by atoms with van der Waals surface area (Å²) >= 11 is 0. The Morgan fingerprint density at radius 3 is 1.83 bits per heavy atom. The van der Waals surface area contributed by atoms with Crippen molar-refractivity contribution < 1.29 is 18.4 Å². The summed E-state index contributed by atoms with van der Waals surface area (Å²) in [7, 11) is 2.39. The van der Waals surface area contributed by atoms with Crippen molar-refractivity contribution >= 4 is 0 Å². The molecule has 0 saturated carbocycles. The maximum atomic E-state index is 12.9. The van der Waals surface area contributed by atoms with Gasteiger partial charge in [-0.3, -0.25) is 4.48 Å². The molecule has 1 N–H and O–H groups in total. The van der Waals surface area contributed by atoms with Crippen molar-refractivity contribution in [1.82, 2.24) is 0 Å². The van der Waals surface area contributed by atoms with Gasteiger partial charge in [0.1, 0.15) is 23.1 Å². The van der Waals surface area contributed by atoms with Crippen LogP contribution in [0.1, 0.15) is 158 Å². The van der Waals surface area contributed by atoms with E-state index in [0.29, 0.717) is 29.2 Å². The zero-order valence-electron chi connectivity index (χ0n) is 36.3. The van der Waals surface area contributed by atoms with Crippen LogP contribution >= 0.6 is 0 Å². The van der Waals surface area contributed by atoms with Crippen molar-refractivity contribution in [3.8, 4) is 16.9 Å². The Labute approximate surface area is 320 Å². The molecule has 3 aromatic carbocycles. The molecule has 0 heterocycles. The van der Waals surface area contributed by atoms with Crippen molar-refractivity contribution in [3.63, 3.8) is 0 Å². The Bertz CT molecular complexity index is 1430. The molecule has 0 fully saturated rings. The van der Waals surface area contributed by atoms with Gasteiger partial charge < -0.3 is 5.11 Å². The number of halogens is 2. The maximum absolute atomic E-state index is 12.9. The molecule has 0 spiro atoms. The Morgan fingerprint density at radius 1 is 0.846 bits per heavy atom. The molecule has 3 aromatic rings. The highest BCUT2D eigenvalue weighted by molar-refractivity contribution is 5.68. The minimum atomic E-state index is -0.507. The molecule has 0 radical (unpaired) electrons. The summed E-state index contributed by atoms with van der Waals surface area (Å²) in [6.07, 6.45) is 12.2. The van der Waals surface area contributed by atoms with E-state index in [1.807, 2.05) is 39.8 Å². The van der Waals surface area contributed by atoms with Crippen LogP contribution in [0.2, 0.25) is 0 Å². The lowest BCUT2D eigenvalue weighted by Crippen LogP contribution is -2.57. The highest BCUT2D eigenvalue weighted by Crippen LogP contribution is 2.33. The first-order chi connectivity index (χ1) is 24.4. The third-order valence-electron chi connectivity index (χ3n) is 9.88. The summed E-state index contributed by atoms with van der Waals surface area (Å²) < 4.78 is 26.4. The first-order valence-corrected chi connectivity index (χ1v) is 19.9. The largest absolute Gasteiger partial charge is 0.508 e. The van der Waals surface area contributed by atoms with Crippen LogP contribution in [0.5, 0.6) is 5.75 Å². The average Bonchev–Trinajstić information content (AvgIpc) is 3.12. The number of nitrogens with zero attached hydrogens (tertiary/aromatic N) is 1. The zero-order valence-corrected chi connectivity index (χ0v) is 36.3. The first kappa shape index (κ1) is 50.9. The van der Waals surface area contributed by atoms with Crippen LogP contribution in [-0.2, 0) is 6.42 Å². The van der Waals surface area contributed by atoms with Gasteiger partial charge in [0, 0.05) is 19.4 Å². The van der Waals surface area contributed by atoms with Crippen LogP contribution < -0.4 is 0 Å². The van der Waals surface area contributed by atoms with Crippen molar-refractivity contribution in [2.45, 2.75) is 160 Å². The van der Waals surface area contributed by atoms with Crippen molar-refractivity contribution in [2.75, 3.05) is 13.6 Å². The number of benzene rings is 3. The topological polar surface area (TPSA) is 20.2 Å². The van der Waals surface area contributed by atoms with Gasteiger partial charge in [-0.05, 0) is 132 Å². The standard InChI is InChI=1S/C16H18O.C15H32N.C10H12F2.C5H10.C2H6/c1-11(2)14-6-9-16(12(3)10-14)13-4-7-15(17)8-5-13;1-8-11-13-15(5,6)16(7,10-3)14(4)12-9-2;1-2-3-4-8-5-6-9(11)7-10(8)12;1-4-5(2)3;1-2/h4-11,17H,1-3H3;12H,8-11,13H2,1-7H3;5-7H,2-4H2,1H3;4H,1-3H3;1-2H3/q;+1;;;/b;14-12-;;;.